The summed E-state index contributed by atoms with van der Waals surface area (Å²) in [4.78, 5) is 22.6. The number of aryl methyl sites for hydroxylation is 1. The fourth-order valence-corrected chi connectivity index (χ4v) is 4.37. The molecule has 0 bridgehead atoms. The monoisotopic (exact) mass is 359 g/mol. The molecule has 3 heterocycles. The summed E-state index contributed by atoms with van der Waals surface area (Å²) >= 11 is 7.86. The van der Waals surface area contributed by atoms with Gasteiger partial charge in [-0.1, -0.05) is 30.7 Å². The van der Waals surface area contributed by atoms with Gasteiger partial charge in [-0.05, 0) is 18.9 Å². The lowest BCUT2D eigenvalue weighted by atomic mass is 10.0. The average molecular weight is 360 g/mol. The second kappa shape index (κ2) is 6.22. The van der Waals surface area contributed by atoms with E-state index in [-0.39, 0.29) is 5.91 Å². The van der Waals surface area contributed by atoms with E-state index >= 15 is 0 Å². The van der Waals surface area contributed by atoms with Gasteiger partial charge in [0.05, 0.1) is 15.5 Å². The number of rotatable bonds is 3. The Kier molecular flexibility index (Phi) is 4.06. The lowest BCUT2D eigenvalue weighted by Crippen LogP contribution is -2.36. The molecule has 6 heteroatoms. The zero-order valence-electron chi connectivity index (χ0n) is 13.4. The number of fused-ring (bicyclic) bond motifs is 3. The molecule has 1 N–H and O–H groups in total. The molecule has 0 spiro atoms. The van der Waals surface area contributed by atoms with Gasteiger partial charge in [-0.2, -0.15) is 0 Å². The smallest absolute Gasteiger partial charge is 0.273 e. The van der Waals surface area contributed by atoms with Crippen LogP contribution in [0.15, 0.2) is 23.6 Å². The number of carbonyl (C=O) groups excluding carboxylic acids is 1. The third kappa shape index (κ3) is 2.62. The molecule has 4 nitrogen and oxygen atoms in total. The molecular weight excluding hydrogens is 342 g/mol. The first kappa shape index (κ1) is 15.7. The number of thiazole rings is 1. The van der Waals surface area contributed by atoms with Crippen molar-refractivity contribution >= 4 is 39.7 Å². The molecule has 1 aromatic carbocycles. The van der Waals surface area contributed by atoms with Gasteiger partial charge >= 0.3 is 0 Å². The Hall–Kier alpha value is -1.85. The summed E-state index contributed by atoms with van der Waals surface area (Å²) in [5, 5.41) is 4.76. The maximum absolute atomic E-state index is 12.8. The molecule has 4 rings (SSSR count). The highest BCUT2D eigenvalue weighted by Gasteiger charge is 2.26. The van der Waals surface area contributed by atoms with Crippen molar-refractivity contribution in [2.45, 2.75) is 32.7 Å². The van der Waals surface area contributed by atoms with Gasteiger partial charge in [0, 0.05) is 41.5 Å². The average Bonchev–Trinajstić information content (AvgIpc) is 3.20. The highest BCUT2D eigenvalue weighted by Crippen LogP contribution is 2.32. The summed E-state index contributed by atoms with van der Waals surface area (Å²) in [6, 6.07) is 5.91. The quantitative estimate of drug-likeness (QED) is 0.752. The lowest BCUT2D eigenvalue weighted by Gasteiger charge is -2.26. The first-order valence-corrected chi connectivity index (χ1v) is 9.44. The normalized spacial score (nSPS) is 14.2. The number of hydrogen-bond donors (Lipinski definition) is 1. The van der Waals surface area contributed by atoms with Crippen LogP contribution in [0.25, 0.3) is 10.9 Å². The summed E-state index contributed by atoms with van der Waals surface area (Å²) < 4.78 is 0. The van der Waals surface area contributed by atoms with Crippen molar-refractivity contribution in [2.24, 2.45) is 0 Å². The van der Waals surface area contributed by atoms with E-state index in [1.165, 1.54) is 11.3 Å². The predicted molar refractivity (Wildman–Crippen MR) is 97.9 cm³/mol. The molecule has 1 aliphatic rings. The Balaban J connectivity index is 1.62. The fraction of sp³-hybridized carbons (Fsp3) is 0.333. The van der Waals surface area contributed by atoms with Crippen molar-refractivity contribution in [1.29, 1.82) is 0 Å². The maximum atomic E-state index is 12.8. The zero-order chi connectivity index (χ0) is 16.7. The van der Waals surface area contributed by atoms with Crippen LogP contribution in [0.2, 0.25) is 5.02 Å². The van der Waals surface area contributed by atoms with E-state index in [0.717, 1.165) is 40.2 Å². The van der Waals surface area contributed by atoms with Crippen LogP contribution in [-0.4, -0.2) is 27.3 Å². The molecule has 0 saturated heterocycles. The van der Waals surface area contributed by atoms with Gasteiger partial charge in [-0.25, -0.2) is 4.98 Å². The van der Waals surface area contributed by atoms with E-state index in [2.05, 4.69) is 23.0 Å². The molecule has 24 heavy (non-hydrogen) atoms. The predicted octanol–water partition coefficient (Wildman–Crippen LogP) is 4.43. The summed E-state index contributed by atoms with van der Waals surface area (Å²) in [6.45, 7) is 3.43. The second-order valence-corrected chi connectivity index (χ2v) is 7.45. The van der Waals surface area contributed by atoms with E-state index in [9.17, 15) is 4.79 Å². The van der Waals surface area contributed by atoms with Crippen LogP contribution in [-0.2, 0) is 19.4 Å². The number of aromatic amines is 1. The van der Waals surface area contributed by atoms with Gasteiger partial charge < -0.3 is 9.88 Å². The number of carbonyl (C=O) groups is 1. The minimum atomic E-state index is 0.0237. The van der Waals surface area contributed by atoms with Crippen LogP contribution in [0.1, 0.15) is 40.1 Å². The van der Waals surface area contributed by atoms with Gasteiger partial charge in [0.1, 0.15) is 5.69 Å². The summed E-state index contributed by atoms with van der Waals surface area (Å²) in [6.07, 6.45) is 2.80. The van der Waals surface area contributed by atoms with Crippen LogP contribution in [0.5, 0.6) is 0 Å². The minimum Gasteiger partial charge on any atom is -0.357 e. The van der Waals surface area contributed by atoms with Gasteiger partial charge in [0.25, 0.3) is 5.91 Å². The standard InChI is InChI=1S/C18H18ClN3OS/c1-2-4-16-20-15(10-24-16)18(23)22-8-7-14-12(9-22)11-5-3-6-13(19)17(11)21-14/h3,5-6,10,21H,2,4,7-9H2,1H3. The first-order chi connectivity index (χ1) is 11.7. The Morgan fingerprint density at radius 3 is 3.17 bits per heavy atom. The van der Waals surface area contributed by atoms with Crippen LogP contribution in [0.3, 0.4) is 0 Å². The SMILES string of the molecule is CCCc1nc(C(=O)N2CCc3[nH]c4c(Cl)cccc4c3C2)cs1. The molecule has 0 radical (unpaired) electrons. The second-order valence-electron chi connectivity index (χ2n) is 6.10. The molecule has 0 atom stereocenters. The number of nitrogens with zero attached hydrogens (tertiary/aromatic N) is 2. The van der Waals surface area contributed by atoms with Crippen molar-refractivity contribution in [3.05, 3.63) is 50.6 Å². The van der Waals surface area contributed by atoms with Crippen molar-refractivity contribution in [3.8, 4) is 0 Å². The van der Waals surface area contributed by atoms with E-state index in [0.29, 0.717) is 18.8 Å². The number of H-pyrrole nitrogens is 1. The number of amides is 1. The molecule has 3 aromatic rings. The van der Waals surface area contributed by atoms with Crippen LogP contribution in [0.4, 0.5) is 0 Å². The minimum absolute atomic E-state index is 0.0237. The number of halogens is 1. The van der Waals surface area contributed by atoms with E-state index in [4.69, 9.17) is 11.6 Å². The molecular formula is C18H18ClN3OS. The molecule has 1 aliphatic heterocycles. The number of aromatic nitrogens is 2. The van der Waals surface area contributed by atoms with Crippen molar-refractivity contribution < 1.29 is 4.79 Å². The first-order valence-electron chi connectivity index (χ1n) is 8.19. The maximum Gasteiger partial charge on any atom is 0.273 e. The molecule has 2 aromatic heterocycles. The third-order valence-corrected chi connectivity index (χ3v) is 5.71. The van der Waals surface area contributed by atoms with Gasteiger partial charge in [0.2, 0.25) is 0 Å². The zero-order valence-corrected chi connectivity index (χ0v) is 15.0. The number of para-hydroxylation sites is 1. The Labute approximate surface area is 149 Å². The number of benzene rings is 1. The van der Waals surface area contributed by atoms with Crippen LogP contribution < -0.4 is 0 Å². The van der Waals surface area contributed by atoms with Crippen molar-refractivity contribution in [1.82, 2.24) is 14.9 Å². The van der Waals surface area contributed by atoms with Crippen molar-refractivity contribution in [3.63, 3.8) is 0 Å². The van der Waals surface area contributed by atoms with Crippen molar-refractivity contribution in [2.75, 3.05) is 6.54 Å². The molecule has 124 valence electrons. The Bertz CT molecular complexity index is 914. The van der Waals surface area contributed by atoms with E-state index in [1.807, 2.05) is 22.4 Å². The Morgan fingerprint density at radius 2 is 2.33 bits per heavy atom. The summed E-state index contributed by atoms with van der Waals surface area (Å²) in [5.41, 5.74) is 3.91. The highest BCUT2D eigenvalue weighted by atomic mass is 35.5. The number of nitrogens with one attached hydrogen (secondary N) is 1. The summed E-state index contributed by atoms with van der Waals surface area (Å²) in [5.74, 6) is 0.0237. The van der Waals surface area contributed by atoms with Gasteiger partial charge in [-0.15, -0.1) is 11.3 Å². The molecule has 1 amide bonds. The third-order valence-electron chi connectivity index (χ3n) is 4.48. The van der Waals surface area contributed by atoms with Gasteiger partial charge in [0.15, 0.2) is 0 Å². The van der Waals surface area contributed by atoms with Gasteiger partial charge in [-0.3, -0.25) is 4.79 Å². The Morgan fingerprint density at radius 1 is 1.46 bits per heavy atom. The topological polar surface area (TPSA) is 49.0 Å². The highest BCUT2D eigenvalue weighted by molar-refractivity contribution is 7.09. The molecule has 0 saturated carbocycles. The van der Waals surface area contributed by atoms with E-state index in [1.54, 1.807) is 11.3 Å². The number of hydrogen-bond acceptors (Lipinski definition) is 3. The molecule has 0 aliphatic carbocycles. The van der Waals surface area contributed by atoms with Crippen LogP contribution in [0, 0.1) is 0 Å². The van der Waals surface area contributed by atoms with Crippen LogP contribution >= 0.6 is 22.9 Å². The van der Waals surface area contributed by atoms with E-state index < -0.39 is 0 Å². The summed E-state index contributed by atoms with van der Waals surface area (Å²) in [7, 11) is 0. The molecule has 0 unspecified atom stereocenters. The fourth-order valence-electron chi connectivity index (χ4n) is 3.28. The molecule has 0 fully saturated rings. The largest absolute Gasteiger partial charge is 0.357 e. The lowest BCUT2D eigenvalue weighted by molar-refractivity contribution is 0.0729.